The van der Waals surface area contributed by atoms with Crippen LogP contribution in [0, 0.1) is 0 Å². The van der Waals surface area contributed by atoms with Gasteiger partial charge in [0.2, 0.25) is 0 Å². The molecule has 0 bridgehead atoms. The van der Waals surface area contributed by atoms with E-state index in [-0.39, 0.29) is 5.91 Å². The number of carbonyl (C=O) groups is 1. The third kappa shape index (κ3) is 4.11. The molecule has 1 aromatic rings. The summed E-state index contributed by atoms with van der Waals surface area (Å²) in [4.78, 5) is 14.6. The topological polar surface area (TPSA) is 41.6 Å². The lowest BCUT2D eigenvalue weighted by molar-refractivity contribution is 0.0738. The van der Waals surface area contributed by atoms with Crippen molar-refractivity contribution in [1.29, 1.82) is 0 Å². The van der Waals surface area contributed by atoms with E-state index in [1.807, 2.05) is 11.8 Å². The molecule has 0 spiro atoms. The quantitative estimate of drug-likeness (QED) is 0.909. The van der Waals surface area contributed by atoms with E-state index in [0.717, 1.165) is 19.5 Å². The summed E-state index contributed by atoms with van der Waals surface area (Å²) in [6, 6.07) is 5.53. The van der Waals surface area contributed by atoms with Crippen LogP contribution in [-0.4, -0.2) is 43.6 Å². The molecular weight excluding hydrogens is 288 g/mol. The van der Waals surface area contributed by atoms with Crippen LogP contribution in [0.4, 0.5) is 0 Å². The molecule has 0 aliphatic carbocycles. The number of carbonyl (C=O) groups excluding carboxylic acids is 1. The van der Waals surface area contributed by atoms with Gasteiger partial charge in [-0.3, -0.25) is 4.79 Å². The highest BCUT2D eigenvalue weighted by Gasteiger charge is 2.22. The summed E-state index contributed by atoms with van der Waals surface area (Å²) in [6.45, 7) is 4.47. The fourth-order valence-electron chi connectivity index (χ4n) is 2.71. The number of benzene rings is 1. The van der Waals surface area contributed by atoms with Crippen LogP contribution in [0.2, 0.25) is 5.02 Å². The van der Waals surface area contributed by atoms with Gasteiger partial charge in [-0.1, -0.05) is 18.0 Å². The molecule has 0 aromatic heterocycles. The second-order valence-corrected chi connectivity index (χ2v) is 5.77. The predicted octanol–water partition coefficient (Wildman–Crippen LogP) is 2.95. The first-order valence-corrected chi connectivity index (χ1v) is 7.89. The second-order valence-electron chi connectivity index (χ2n) is 5.34. The third-order valence-corrected chi connectivity index (χ3v) is 4.15. The van der Waals surface area contributed by atoms with Crippen molar-refractivity contribution in [2.45, 2.75) is 32.2 Å². The first kappa shape index (κ1) is 16.1. The lowest BCUT2D eigenvalue weighted by Crippen LogP contribution is -2.45. The fraction of sp³-hybridized carbons (Fsp3) is 0.562. The summed E-state index contributed by atoms with van der Waals surface area (Å²) in [5.41, 5.74) is 0.569. The normalized spacial score (nSPS) is 18.3. The van der Waals surface area contributed by atoms with Crippen LogP contribution >= 0.6 is 11.6 Å². The lowest BCUT2D eigenvalue weighted by atomic mass is 10.0. The lowest BCUT2D eigenvalue weighted by Gasteiger charge is -2.30. The first-order chi connectivity index (χ1) is 10.2. The summed E-state index contributed by atoms with van der Waals surface area (Å²) in [5.74, 6) is 0.529. The molecule has 1 fully saturated rings. The van der Waals surface area contributed by atoms with Gasteiger partial charge in [-0.15, -0.1) is 0 Å². The van der Waals surface area contributed by atoms with Gasteiger partial charge in [0.25, 0.3) is 5.91 Å². The minimum atomic E-state index is -0.00149. The molecule has 1 aromatic carbocycles. The Bertz CT molecular complexity index is 487. The molecule has 1 aliphatic heterocycles. The molecule has 1 atom stereocenters. The van der Waals surface area contributed by atoms with E-state index < -0.39 is 0 Å². The summed E-state index contributed by atoms with van der Waals surface area (Å²) in [7, 11) is 1.56. The van der Waals surface area contributed by atoms with E-state index in [0.29, 0.717) is 28.9 Å². The highest BCUT2D eigenvalue weighted by molar-refractivity contribution is 6.30. The zero-order valence-corrected chi connectivity index (χ0v) is 13.4. The molecule has 2 rings (SSSR count). The Morgan fingerprint density at radius 2 is 2.29 bits per heavy atom. The average Bonchev–Trinajstić information content (AvgIpc) is 2.52. The first-order valence-electron chi connectivity index (χ1n) is 7.52. The highest BCUT2D eigenvalue weighted by atomic mass is 35.5. The van der Waals surface area contributed by atoms with E-state index in [4.69, 9.17) is 16.3 Å². The molecule has 5 heteroatoms. The van der Waals surface area contributed by atoms with Crippen LogP contribution in [0.5, 0.6) is 5.75 Å². The SMILES string of the molecule is CCN(CC1CCCCN1)C(=O)c1ccc(Cl)cc1OC. The van der Waals surface area contributed by atoms with Gasteiger partial charge in [0.15, 0.2) is 0 Å². The van der Waals surface area contributed by atoms with Crippen molar-refractivity contribution in [1.82, 2.24) is 10.2 Å². The Morgan fingerprint density at radius 1 is 1.48 bits per heavy atom. The van der Waals surface area contributed by atoms with Gasteiger partial charge in [-0.05, 0) is 44.5 Å². The van der Waals surface area contributed by atoms with Gasteiger partial charge in [-0.25, -0.2) is 0 Å². The van der Waals surface area contributed by atoms with Crippen LogP contribution in [-0.2, 0) is 0 Å². The van der Waals surface area contributed by atoms with Gasteiger partial charge in [0, 0.05) is 24.2 Å². The number of hydrogen-bond donors (Lipinski definition) is 1. The molecule has 21 heavy (non-hydrogen) atoms. The number of ether oxygens (including phenoxy) is 1. The molecule has 1 N–H and O–H groups in total. The standard InChI is InChI=1S/C16H23ClN2O2/c1-3-19(11-13-6-4-5-9-18-13)16(20)14-8-7-12(17)10-15(14)21-2/h7-8,10,13,18H,3-6,9,11H2,1-2H3. The molecule has 1 saturated heterocycles. The number of hydrogen-bond acceptors (Lipinski definition) is 3. The molecule has 1 unspecified atom stereocenters. The average molecular weight is 311 g/mol. The Morgan fingerprint density at radius 3 is 2.90 bits per heavy atom. The van der Waals surface area contributed by atoms with Crippen molar-refractivity contribution in [2.24, 2.45) is 0 Å². The molecular formula is C16H23ClN2O2. The second kappa shape index (κ2) is 7.66. The zero-order valence-electron chi connectivity index (χ0n) is 12.7. The van der Waals surface area contributed by atoms with Crippen molar-refractivity contribution in [3.8, 4) is 5.75 Å². The van der Waals surface area contributed by atoms with Crippen molar-refractivity contribution < 1.29 is 9.53 Å². The van der Waals surface area contributed by atoms with Crippen LogP contribution < -0.4 is 10.1 Å². The smallest absolute Gasteiger partial charge is 0.257 e. The van der Waals surface area contributed by atoms with E-state index in [9.17, 15) is 4.79 Å². The van der Waals surface area contributed by atoms with Crippen molar-refractivity contribution in [2.75, 3.05) is 26.7 Å². The maximum absolute atomic E-state index is 12.7. The molecule has 116 valence electrons. The number of likely N-dealkylation sites (N-methyl/N-ethyl adjacent to an activating group) is 1. The number of nitrogens with zero attached hydrogens (tertiary/aromatic N) is 1. The minimum Gasteiger partial charge on any atom is -0.496 e. The summed E-state index contributed by atoms with van der Waals surface area (Å²) in [5, 5.41) is 4.05. The van der Waals surface area contributed by atoms with E-state index in [1.165, 1.54) is 12.8 Å². The number of piperidine rings is 1. The van der Waals surface area contributed by atoms with E-state index in [1.54, 1.807) is 25.3 Å². The van der Waals surface area contributed by atoms with Crippen LogP contribution in [0.25, 0.3) is 0 Å². The Balaban J connectivity index is 2.11. The number of halogens is 1. The van der Waals surface area contributed by atoms with Gasteiger partial charge in [0.05, 0.1) is 12.7 Å². The van der Waals surface area contributed by atoms with Crippen LogP contribution in [0.15, 0.2) is 18.2 Å². The van der Waals surface area contributed by atoms with Crippen molar-refractivity contribution in [3.05, 3.63) is 28.8 Å². The summed E-state index contributed by atoms with van der Waals surface area (Å²) < 4.78 is 5.28. The van der Waals surface area contributed by atoms with Crippen LogP contribution in [0.3, 0.4) is 0 Å². The largest absolute Gasteiger partial charge is 0.496 e. The van der Waals surface area contributed by atoms with Gasteiger partial charge >= 0.3 is 0 Å². The molecule has 0 saturated carbocycles. The van der Waals surface area contributed by atoms with Gasteiger partial charge in [0.1, 0.15) is 5.75 Å². The molecule has 1 aliphatic rings. The summed E-state index contributed by atoms with van der Waals surface area (Å²) >= 11 is 5.95. The molecule has 4 nitrogen and oxygen atoms in total. The maximum Gasteiger partial charge on any atom is 0.257 e. The Kier molecular flexibility index (Phi) is 5.88. The number of amides is 1. The number of rotatable bonds is 5. The van der Waals surface area contributed by atoms with Crippen molar-refractivity contribution >= 4 is 17.5 Å². The Labute approximate surface area is 131 Å². The molecule has 1 amide bonds. The number of methoxy groups -OCH3 is 1. The Hall–Kier alpha value is -1.26. The fourth-order valence-corrected chi connectivity index (χ4v) is 2.88. The third-order valence-electron chi connectivity index (χ3n) is 3.92. The minimum absolute atomic E-state index is 0.00149. The monoisotopic (exact) mass is 310 g/mol. The van der Waals surface area contributed by atoms with Gasteiger partial charge < -0.3 is 15.0 Å². The number of nitrogens with one attached hydrogen (secondary N) is 1. The summed E-state index contributed by atoms with van der Waals surface area (Å²) in [6.07, 6.45) is 3.58. The van der Waals surface area contributed by atoms with Crippen LogP contribution in [0.1, 0.15) is 36.5 Å². The zero-order chi connectivity index (χ0) is 15.2. The maximum atomic E-state index is 12.7. The van der Waals surface area contributed by atoms with Crippen molar-refractivity contribution in [3.63, 3.8) is 0 Å². The molecule has 0 radical (unpaired) electrons. The predicted molar refractivity (Wildman–Crippen MR) is 85.2 cm³/mol. The van der Waals surface area contributed by atoms with Gasteiger partial charge in [-0.2, -0.15) is 0 Å². The highest BCUT2D eigenvalue weighted by Crippen LogP contribution is 2.24. The molecule has 1 heterocycles. The van der Waals surface area contributed by atoms with E-state index >= 15 is 0 Å². The van der Waals surface area contributed by atoms with E-state index in [2.05, 4.69) is 5.32 Å².